The Kier molecular flexibility index (Phi) is 3.30. The number of anilines is 1. The van der Waals surface area contributed by atoms with E-state index in [9.17, 15) is 4.79 Å². The molecule has 3 nitrogen and oxygen atoms in total. The molecule has 0 unspecified atom stereocenters. The highest BCUT2D eigenvalue weighted by Crippen LogP contribution is 2.24. The Morgan fingerprint density at radius 3 is 2.59 bits per heavy atom. The molecule has 0 fully saturated rings. The van der Waals surface area contributed by atoms with Gasteiger partial charge in [0.15, 0.2) is 0 Å². The Bertz CT molecular complexity index is 555. The van der Waals surface area contributed by atoms with Crippen LogP contribution < -0.4 is 10.5 Å². The molecule has 2 aromatic carbocycles. The molecule has 0 heterocycles. The molecule has 0 aromatic heterocycles. The predicted octanol–water partition coefficient (Wildman–Crippen LogP) is 3.14. The van der Waals surface area contributed by atoms with Crippen LogP contribution in [0.2, 0.25) is 5.02 Å². The van der Waals surface area contributed by atoms with Crippen LogP contribution >= 0.6 is 11.6 Å². The van der Waals surface area contributed by atoms with Gasteiger partial charge in [-0.2, -0.15) is 0 Å². The molecule has 0 saturated heterocycles. The summed E-state index contributed by atoms with van der Waals surface area (Å²) in [6.07, 6.45) is 0. The number of hydrogen-bond acceptors (Lipinski definition) is 3. The Hall–Kier alpha value is -2.00. The lowest BCUT2D eigenvalue weighted by atomic mass is 10.2. The molecule has 2 N–H and O–H groups in total. The van der Waals surface area contributed by atoms with E-state index in [1.165, 1.54) is 0 Å². The fourth-order valence-electron chi connectivity index (χ4n) is 1.35. The summed E-state index contributed by atoms with van der Waals surface area (Å²) >= 11 is 5.89. The van der Waals surface area contributed by atoms with Gasteiger partial charge in [0.25, 0.3) is 0 Å². The fourth-order valence-corrected chi connectivity index (χ4v) is 1.53. The van der Waals surface area contributed by atoms with Crippen molar-refractivity contribution in [3.05, 3.63) is 59.1 Å². The number of nitrogens with two attached hydrogens (primary N) is 1. The van der Waals surface area contributed by atoms with Crippen LogP contribution in [0.15, 0.2) is 48.5 Å². The number of nitrogen functional groups attached to an aromatic ring is 1. The van der Waals surface area contributed by atoms with Crippen LogP contribution in [0.1, 0.15) is 10.4 Å². The number of hydrogen-bond donors (Lipinski definition) is 1. The largest absolute Gasteiger partial charge is 0.421 e. The molecule has 0 bridgehead atoms. The minimum atomic E-state index is -0.481. The van der Waals surface area contributed by atoms with Gasteiger partial charge < -0.3 is 10.5 Å². The summed E-state index contributed by atoms with van der Waals surface area (Å²) in [4.78, 5) is 11.8. The van der Waals surface area contributed by atoms with Gasteiger partial charge in [0.2, 0.25) is 0 Å². The highest BCUT2D eigenvalue weighted by molar-refractivity contribution is 6.32. The third-order valence-electron chi connectivity index (χ3n) is 2.16. The Morgan fingerprint density at radius 1 is 1.12 bits per heavy atom. The van der Waals surface area contributed by atoms with E-state index >= 15 is 0 Å². The summed E-state index contributed by atoms with van der Waals surface area (Å²) in [7, 11) is 0. The number of para-hydroxylation sites is 1. The van der Waals surface area contributed by atoms with E-state index in [-0.39, 0.29) is 0 Å². The van der Waals surface area contributed by atoms with Crippen molar-refractivity contribution in [1.82, 2.24) is 0 Å². The van der Waals surface area contributed by atoms with E-state index in [4.69, 9.17) is 22.1 Å². The standard InChI is InChI=1S/C13H10ClNO2/c14-11-6-1-2-7-12(11)17-13(16)9-4-3-5-10(15)8-9/h1-8H,15H2. The number of halogens is 1. The average molecular weight is 248 g/mol. The third-order valence-corrected chi connectivity index (χ3v) is 2.47. The zero-order chi connectivity index (χ0) is 12.3. The van der Waals surface area contributed by atoms with E-state index in [0.29, 0.717) is 22.0 Å². The van der Waals surface area contributed by atoms with Gasteiger partial charge in [-0.25, -0.2) is 4.79 Å². The summed E-state index contributed by atoms with van der Waals surface area (Å²) in [6, 6.07) is 13.4. The molecule has 2 rings (SSSR count). The maximum absolute atomic E-state index is 11.8. The van der Waals surface area contributed by atoms with Gasteiger partial charge in [0.1, 0.15) is 5.75 Å². The van der Waals surface area contributed by atoms with Gasteiger partial charge in [-0.15, -0.1) is 0 Å². The van der Waals surface area contributed by atoms with Crippen LogP contribution in [0.4, 0.5) is 5.69 Å². The third kappa shape index (κ3) is 2.77. The van der Waals surface area contributed by atoms with Crippen molar-refractivity contribution in [1.29, 1.82) is 0 Å². The van der Waals surface area contributed by atoms with Gasteiger partial charge in [0, 0.05) is 5.69 Å². The van der Waals surface area contributed by atoms with Crippen molar-refractivity contribution in [3.63, 3.8) is 0 Å². The molecule has 0 saturated carbocycles. The van der Waals surface area contributed by atoms with Crippen LogP contribution in [0.3, 0.4) is 0 Å². The molecule has 0 aliphatic carbocycles. The van der Waals surface area contributed by atoms with Gasteiger partial charge in [-0.05, 0) is 30.3 Å². The molecule has 0 aliphatic heterocycles. The van der Waals surface area contributed by atoms with E-state index in [2.05, 4.69) is 0 Å². The topological polar surface area (TPSA) is 52.3 Å². The van der Waals surface area contributed by atoms with E-state index in [1.54, 1.807) is 48.5 Å². The number of rotatable bonds is 2. The van der Waals surface area contributed by atoms with Crippen molar-refractivity contribution >= 4 is 23.3 Å². The number of esters is 1. The second kappa shape index (κ2) is 4.89. The fraction of sp³-hybridized carbons (Fsp3) is 0. The van der Waals surface area contributed by atoms with Crippen LogP contribution in [0.5, 0.6) is 5.75 Å². The molecule has 86 valence electrons. The first kappa shape index (κ1) is 11.5. The second-order valence-electron chi connectivity index (χ2n) is 3.45. The molecule has 0 atom stereocenters. The predicted molar refractivity (Wildman–Crippen MR) is 67.3 cm³/mol. The van der Waals surface area contributed by atoms with Crippen LogP contribution in [-0.2, 0) is 0 Å². The van der Waals surface area contributed by atoms with E-state index < -0.39 is 5.97 Å². The smallest absolute Gasteiger partial charge is 0.343 e. The van der Waals surface area contributed by atoms with Crippen LogP contribution in [-0.4, -0.2) is 5.97 Å². The molecule has 17 heavy (non-hydrogen) atoms. The molecule has 2 aromatic rings. The Balaban J connectivity index is 2.20. The van der Waals surface area contributed by atoms with Gasteiger partial charge in [0.05, 0.1) is 10.6 Å². The van der Waals surface area contributed by atoms with E-state index in [1.807, 2.05) is 0 Å². The lowest BCUT2D eigenvalue weighted by Gasteiger charge is -2.06. The first-order chi connectivity index (χ1) is 8.16. The minimum absolute atomic E-state index is 0.335. The number of ether oxygens (including phenoxy) is 1. The van der Waals surface area contributed by atoms with Crippen molar-refractivity contribution in [2.45, 2.75) is 0 Å². The maximum Gasteiger partial charge on any atom is 0.343 e. The van der Waals surface area contributed by atoms with Crippen molar-refractivity contribution < 1.29 is 9.53 Å². The van der Waals surface area contributed by atoms with Crippen molar-refractivity contribution in [2.24, 2.45) is 0 Å². The summed E-state index contributed by atoms with van der Waals surface area (Å²) in [5.41, 5.74) is 6.49. The quantitative estimate of drug-likeness (QED) is 0.504. The SMILES string of the molecule is Nc1cccc(C(=O)Oc2ccccc2Cl)c1. The van der Waals surface area contributed by atoms with Gasteiger partial charge in [-0.1, -0.05) is 29.8 Å². The van der Waals surface area contributed by atoms with Gasteiger partial charge >= 0.3 is 5.97 Å². The normalized spacial score (nSPS) is 9.94. The van der Waals surface area contributed by atoms with Gasteiger partial charge in [-0.3, -0.25) is 0 Å². The molecular formula is C13H10ClNO2. The monoisotopic (exact) mass is 247 g/mol. The summed E-state index contributed by atoms with van der Waals surface area (Å²) < 4.78 is 5.16. The minimum Gasteiger partial charge on any atom is -0.421 e. The molecule has 0 amide bonds. The average Bonchev–Trinajstić information content (AvgIpc) is 2.32. The van der Waals surface area contributed by atoms with Crippen LogP contribution in [0, 0.1) is 0 Å². The zero-order valence-electron chi connectivity index (χ0n) is 8.89. The van der Waals surface area contributed by atoms with Crippen molar-refractivity contribution in [2.75, 3.05) is 5.73 Å². The first-order valence-corrected chi connectivity index (χ1v) is 5.37. The summed E-state index contributed by atoms with van der Waals surface area (Å²) in [5, 5.41) is 0.393. The van der Waals surface area contributed by atoms with E-state index in [0.717, 1.165) is 0 Å². The van der Waals surface area contributed by atoms with Crippen LogP contribution in [0.25, 0.3) is 0 Å². The maximum atomic E-state index is 11.8. The summed E-state index contributed by atoms with van der Waals surface area (Å²) in [5.74, 6) is -0.146. The lowest BCUT2D eigenvalue weighted by molar-refractivity contribution is 0.0735. The second-order valence-corrected chi connectivity index (χ2v) is 3.85. The molecular weight excluding hydrogens is 238 g/mol. The molecule has 0 spiro atoms. The number of carbonyl (C=O) groups is 1. The summed E-state index contributed by atoms with van der Waals surface area (Å²) in [6.45, 7) is 0. The molecule has 0 radical (unpaired) electrons. The molecule has 4 heteroatoms. The first-order valence-electron chi connectivity index (χ1n) is 4.99. The van der Waals surface area contributed by atoms with Crippen molar-refractivity contribution in [3.8, 4) is 5.75 Å². The number of benzene rings is 2. The highest BCUT2D eigenvalue weighted by atomic mass is 35.5. The number of carbonyl (C=O) groups excluding carboxylic acids is 1. The highest BCUT2D eigenvalue weighted by Gasteiger charge is 2.10. The Morgan fingerprint density at radius 2 is 1.88 bits per heavy atom. The lowest BCUT2D eigenvalue weighted by Crippen LogP contribution is -2.09. The molecule has 0 aliphatic rings. The zero-order valence-corrected chi connectivity index (χ0v) is 9.65. The Labute approximate surface area is 104 Å².